The first-order valence-electron chi connectivity index (χ1n) is 5.68. The molecule has 1 aromatic rings. The summed E-state index contributed by atoms with van der Waals surface area (Å²) in [6.45, 7) is 3.99. The van der Waals surface area contributed by atoms with E-state index in [-0.39, 0.29) is 5.91 Å². The number of carbonyl (C=O) groups is 2. The number of amides is 1. The van der Waals surface area contributed by atoms with E-state index in [1.165, 1.54) is 11.3 Å². The van der Waals surface area contributed by atoms with Crippen molar-refractivity contribution in [3.05, 3.63) is 11.1 Å². The number of carboxylic acids is 1. The number of aromatic nitrogens is 1. The quantitative estimate of drug-likeness (QED) is 0.602. The summed E-state index contributed by atoms with van der Waals surface area (Å²) in [5.41, 5.74) is 5.17. The number of hydrogen-bond acceptors (Lipinski definition) is 6. The van der Waals surface area contributed by atoms with E-state index in [1.807, 2.05) is 0 Å². The minimum atomic E-state index is -1.13. The molecule has 0 aromatic carbocycles. The number of thiazole rings is 1. The van der Waals surface area contributed by atoms with E-state index in [4.69, 9.17) is 10.8 Å². The average molecular weight is 286 g/mol. The number of hydrogen-bond donors (Lipinski definition) is 4. The lowest BCUT2D eigenvalue weighted by Gasteiger charge is -2.22. The second-order valence-electron chi connectivity index (χ2n) is 4.71. The minimum Gasteiger partial charge on any atom is -0.480 e. The van der Waals surface area contributed by atoms with Gasteiger partial charge in [0.1, 0.15) is 6.04 Å². The van der Waals surface area contributed by atoms with Crippen molar-refractivity contribution in [1.82, 2.24) is 10.3 Å². The van der Waals surface area contributed by atoms with Crippen LogP contribution in [0.5, 0.6) is 0 Å². The van der Waals surface area contributed by atoms with Crippen molar-refractivity contribution in [2.75, 3.05) is 18.9 Å². The molecular weight excluding hydrogens is 268 g/mol. The van der Waals surface area contributed by atoms with E-state index in [2.05, 4.69) is 15.6 Å². The number of aliphatic carboxylic acids is 1. The van der Waals surface area contributed by atoms with Crippen LogP contribution in [0.1, 0.15) is 25.6 Å². The van der Waals surface area contributed by atoms with Gasteiger partial charge in [-0.3, -0.25) is 9.59 Å². The third kappa shape index (κ3) is 3.90. The molecule has 0 saturated heterocycles. The van der Waals surface area contributed by atoms with Crippen molar-refractivity contribution in [2.24, 2.45) is 11.1 Å². The van der Waals surface area contributed by atoms with Crippen molar-refractivity contribution in [1.29, 1.82) is 0 Å². The summed E-state index contributed by atoms with van der Waals surface area (Å²) in [7, 11) is 1.58. The Morgan fingerprint density at radius 2 is 2.21 bits per heavy atom. The largest absolute Gasteiger partial charge is 0.480 e. The fourth-order valence-corrected chi connectivity index (χ4v) is 2.10. The molecule has 106 valence electrons. The average Bonchev–Trinajstić information content (AvgIpc) is 2.83. The second-order valence-corrected chi connectivity index (χ2v) is 5.57. The zero-order chi connectivity index (χ0) is 14.6. The monoisotopic (exact) mass is 286 g/mol. The SMILES string of the molecule is CNC(=O)C(C)(C)CNc1nc(C(N)C(=O)O)cs1. The Morgan fingerprint density at radius 1 is 1.58 bits per heavy atom. The summed E-state index contributed by atoms with van der Waals surface area (Å²) < 4.78 is 0. The molecule has 0 spiro atoms. The zero-order valence-electron chi connectivity index (χ0n) is 11.1. The molecule has 0 radical (unpaired) electrons. The van der Waals surface area contributed by atoms with E-state index < -0.39 is 17.4 Å². The number of carboxylic acid groups (broad SMARTS) is 1. The van der Waals surface area contributed by atoms with Crippen molar-refractivity contribution in [3.8, 4) is 0 Å². The van der Waals surface area contributed by atoms with E-state index in [9.17, 15) is 9.59 Å². The minimum absolute atomic E-state index is 0.0842. The Bertz CT molecular complexity index is 472. The molecule has 0 aliphatic carbocycles. The van der Waals surface area contributed by atoms with Crippen molar-refractivity contribution in [3.63, 3.8) is 0 Å². The number of carbonyl (C=O) groups excluding carboxylic acids is 1. The first-order chi connectivity index (χ1) is 8.77. The molecule has 1 rings (SSSR count). The predicted octanol–water partition coefficient (Wildman–Crippen LogP) is 0.412. The van der Waals surface area contributed by atoms with Gasteiger partial charge in [0.2, 0.25) is 5.91 Å². The van der Waals surface area contributed by atoms with E-state index in [1.54, 1.807) is 26.3 Å². The molecule has 0 aliphatic heterocycles. The zero-order valence-corrected chi connectivity index (χ0v) is 11.9. The van der Waals surface area contributed by atoms with Crippen LogP contribution in [0.25, 0.3) is 0 Å². The highest BCUT2D eigenvalue weighted by molar-refractivity contribution is 7.13. The number of nitrogens with one attached hydrogen (secondary N) is 2. The Morgan fingerprint density at radius 3 is 2.74 bits per heavy atom. The number of nitrogens with two attached hydrogens (primary N) is 1. The molecular formula is C11H18N4O3S. The molecule has 1 unspecified atom stereocenters. The van der Waals surface area contributed by atoms with Crippen LogP contribution in [0.2, 0.25) is 0 Å². The van der Waals surface area contributed by atoms with Crippen molar-refractivity contribution < 1.29 is 14.7 Å². The van der Waals surface area contributed by atoms with Crippen LogP contribution >= 0.6 is 11.3 Å². The summed E-state index contributed by atoms with van der Waals surface area (Å²) in [5, 5.41) is 16.5. The molecule has 1 amide bonds. The van der Waals surface area contributed by atoms with Crippen LogP contribution in [0.3, 0.4) is 0 Å². The topological polar surface area (TPSA) is 117 Å². The number of anilines is 1. The van der Waals surface area contributed by atoms with Crippen LogP contribution in [-0.4, -0.2) is 35.6 Å². The number of rotatable bonds is 6. The van der Waals surface area contributed by atoms with Gasteiger partial charge in [0, 0.05) is 19.0 Å². The Hall–Kier alpha value is -1.67. The molecule has 0 bridgehead atoms. The standard InChI is InChI=1S/C11H18N4O3S/c1-11(2,9(18)13-3)5-14-10-15-6(4-19-10)7(12)8(16)17/h4,7H,5,12H2,1-3H3,(H,13,18)(H,14,15)(H,16,17). The van der Waals surface area contributed by atoms with Crippen molar-refractivity contribution >= 4 is 28.3 Å². The van der Waals surface area contributed by atoms with Crippen LogP contribution in [0.4, 0.5) is 5.13 Å². The van der Waals surface area contributed by atoms with E-state index in [0.717, 1.165) is 0 Å². The van der Waals surface area contributed by atoms with E-state index >= 15 is 0 Å². The maximum atomic E-state index is 11.6. The highest BCUT2D eigenvalue weighted by Gasteiger charge is 2.27. The molecule has 0 saturated carbocycles. The third-order valence-corrected chi connectivity index (χ3v) is 3.45. The fraction of sp³-hybridized carbons (Fsp3) is 0.545. The lowest BCUT2D eigenvalue weighted by Crippen LogP contribution is -2.39. The van der Waals surface area contributed by atoms with Crippen LogP contribution in [0, 0.1) is 5.41 Å². The summed E-state index contributed by atoms with van der Waals surface area (Å²) in [5.74, 6) is -1.21. The van der Waals surface area contributed by atoms with Crippen molar-refractivity contribution in [2.45, 2.75) is 19.9 Å². The third-order valence-electron chi connectivity index (χ3n) is 2.63. The Labute approximate surface area is 115 Å². The van der Waals surface area contributed by atoms with Crippen LogP contribution < -0.4 is 16.4 Å². The second kappa shape index (κ2) is 5.98. The normalized spacial score (nSPS) is 12.8. The molecule has 1 atom stereocenters. The van der Waals surface area contributed by atoms with Gasteiger partial charge in [-0.15, -0.1) is 11.3 Å². The van der Waals surface area contributed by atoms with Gasteiger partial charge in [0.15, 0.2) is 5.13 Å². The molecule has 8 heteroatoms. The maximum Gasteiger partial charge on any atom is 0.326 e. The van der Waals surface area contributed by atoms with Crippen LogP contribution in [-0.2, 0) is 9.59 Å². The molecule has 19 heavy (non-hydrogen) atoms. The van der Waals surface area contributed by atoms with Gasteiger partial charge in [-0.2, -0.15) is 0 Å². The van der Waals surface area contributed by atoms with Gasteiger partial charge < -0.3 is 21.5 Å². The van der Waals surface area contributed by atoms with Gasteiger partial charge >= 0.3 is 5.97 Å². The Balaban J connectivity index is 2.65. The molecule has 5 N–H and O–H groups in total. The van der Waals surface area contributed by atoms with Gasteiger partial charge in [-0.05, 0) is 13.8 Å². The summed E-state index contributed by atoms with van der Waals surface area (Å²) >= 11 is 1.26. The van der Waals surface area contributed by atoms with Gasteiger partial charge in [-0.25, -0.2) is 4.98 Å². The summed E-state index contributed by atoms with van der Waals surface area (Å²) in [6.07, 6.45) is 0. The maximum absolute atomic E-state index is 11.6. The predicted molar refractivity (Wildman–Crippen MR) is 73.0 cm³/mol. The van der Waals surface area contributed by atoms with E-state index in [0.29, 0.717) is 17.4 Å². The van der Waals surface area contributed by atoms with Gasteiger partial charge in [0.25, 0.3) is 0 Å². The first-order valence-corrected chi connectivity index (χ1v) is 6.56. The van der Waals surface area contributed by atoms with Gasteiger partial charge in [-0.1, -0.05) is 0 Å². The summed E-state index contributed by atoms with van der Waals surface area (Å²) in [6, 6.07) is -1.13. The highest BCUT2D eigenvalue weighted by Crippen LogP contribution is 2.22. The lowest BCUT2D eigenvalue weighted by molar-refractivity contribution is -0.138. The fourth-order valence-electron chi connectivity index (χ4n) is 1.35. The smallest absolute Gasteiger partial charge is 0.326 e. The summed E-state index contributed by atoms with van der Waals surface area (Å²) in [4.78, 5) is 26.4. The first kappa shape index (κ1) is 15.4. The highest BCUT2D eigenvalue weighted by atomic mass is 32.1. The molecule has 7 nitrogen and oxygen atoms in total. The van der Waals surface area contributed by atoms with Crippen LogP contribution in [0.15, 0.2) is 5.38 Å². The molecule has 1 aromatic heterocycles. The number of nitrogens with zero attached hydrogens (tertiary/aromatic N) is 1. The van der Waals surface area contributed by atoms with Gasteiger partial charge in [0.05, 0.1) is 11.1 Å². The lowest BCUT2D eigenvalue weighted by atomic mass is 9.92. The Kier molecular flexibility index (Phi) is 4.84. The molecule has 1 heterocycles. The molecule has 0 aliphatic rings. The molecule has 0 fully saturated rings.